The third-order valence-corrected chi connectivity index (χ3v) is 2.88. The van der Waals surface area contributed by atoms with Crippen LogP contribution >= 0.6 is 0 Å². The van der Waals surface area contributed by atoms with E-state index in [0.29, 0.717) is 5.88 Å². The van der Waals surface area contributed by atoms with Crippen LogP contribution in [0.5, 0.6) is 0 Å². The van der Waals surface area contributed by atoms with Crippen LogP contribution in [-0.4, -0.2) is 57.2 Å². The largest absolute Gasteiger partial charge is 0.305 e. The highest BCUT2D eigenvalue weighted by Gasteiger charge is 2.16. The molecule has 1 rings (SSSR count). The van der Waals surface area contributed by atoms with Gasteiger partial charge in [0.15, 0.2) is 11.1 Å². The highest BCUT2D eigenvalue weighted by molar-refractivity contribution is 7.79. The lowest BCUT2D eigenvalue weighted by atomic mass is 10.3. The van der Waals surface area contributed by atoms with Gasteiger partial charge in [0.25, 0.3) is 0 Å². The molecule has 0 bridgehead atoms. The summed E-state index contributed by atoms with van der Waals surface area (Å²) in [6.07, 6.45) is 1.19. The van der Waals surface area contributed by atoms with Gasteiger partial charge in [0.1, 0.15) is 5.88 Å². The predicted octanol–water partition coefficient (Wildman–Crippen LogP) is 0.193. The maximum absolute atomic E-state index is 10.5. The molecule has 1 aliphatic heterocycles. The number of hydrogen-bond acceptors (Lipinski definition) is 3. The van der Waals surface area contributed by atoms with Gasteiger partial charge in [0, 0.05) is 26.2 Å². The summed E-state index contributed by atoms with van der Waals surface area (Å²) in [5, 5.41) is 0. The van der Waals surface area contributed by atoms with Gasteiger partial charge < -0.3 is 9.45 Å². The molecule has 1 unspecified atom stereocenters. The van der Waals surface area contributed by atoms with Crippen molar-refractivity contribution in [1.29, 1.82) is 0 Å². The Hall–Kier alpha value is 0.0300. The van der Waals surface area contributed by atoms with Crippen molar-refractivity contribution in [3.05, 3.63) is 0 Å². The molecule has 1 aliphatic rings. The average Bonchev–Trinajstić information content (AvgIpc) is 2.08. The van der Waals surface area contributed by atoms with E-state index < -0.39 is 11.1 Å². The third-order valence-electron chi connectivity index (χ3n) is 2.30. The number of nitrogens with zero attached hydrogens (tertiary/aromatic N) is 2. The Morgan fingerprint density at radius 1 is 1.23 bits per heavy atom. The number of rotatable bonds is 4. The van der Waals surface area contributed by atoms with Crippen molar-refractivity contribution in [2.45, 2.75) is 13.3 Å². The van der Waals surface area contributed by atoms with Gasteiger partial charge in [0.2, 0.25) is 0 Å². The molecule has 0 saturated carbocycles. The molecule has 0 aromatic carbocycles. The minimum Gasteiger partial charge on any atom is -0.305 e. The van der Waals surface area contributed by atoms with Gasteiger partial charge in [-0.15, -0.1) is 0 Å². The zero-order valence-electron chi connectivity index (χ0n) is 8.11. The zero-order chi connectivity index (χ0) is 9.68. The van der Waals surface area contributed by atoms with E-state index in [9.17, 15) is 4.21 Å². The van der Waals surface area contributed by atoms with Crippen LogP contribution in [0.4, 0.5) is 0 Å². The molecule has 0 radical (unpaired) electrons. The maximum Gasteiger partial charge on any atom is 0.167 e. The standard InChI is InChI=1S/C8H18N2O2S/c1-2-3-9-4-6-10(7-5-9)8-13(11)12/h2-8H2,1H3,(H,11,12). The topological polar surface area (TPSA) is 43.8 Å². The highest BCUT2D eigenvalue weighted by atomic mass is 32.2. The normalized spacial score (nSPS) is 23.2. The average molecular weight is 206 g/mol. The molecule has 0 aromatic rings. The first-order chi connectivity index (χ1) is 6.22. The minimum atomic E-state index is -1.67. The molecule has 1 heterocycles. The van der Waals surface area contributed by atoms with Crippen molar-refractivity contribution in [2.75, 3.05) is 38.6 Å². The molecule has 1 fully saturated rings. The van der Waals surface area contributed by atoms with Crippen molar-refractivity contribution < 1.29 is 8.76 Å². The van der Waals surface area contributed by atoms with Gasteiger partial charge in [-0.2, -0.15) is 0 Å². The summed E-state index contributed by atoms with van der Waals surface area (Å²) in [5.74, 6) is 0.306. The lowest BCUT2D eigenvalue weighted by Gasteiger charge is -2.33. The Morgan fingerprint density at radius 2 is 1.77 bits per heavy atom. The molecule has 0 amide bonds. The zero-order valence-corrected chi connectivity index (χ0v) is 8.92. The molecule has 78 valence electrons. The molecule has 5 heteroatoms. The molecule has 0 aromatic heterocycles. The summed E-state index contributed by atoms with van der Waals surface area (Å²) in [5.41, 5.74) is 0. The summed E-state index contributed by atoms with van der Waals surface area (Å²) < 4.78 is 19.2. The van der Waals surface area contributed by atoms with Gasteiger partial charge >= 0.3 is 0 Å². The van der Waals surface area contributed by atoms with Crippen LogP contribution in [0.3, 0.4) is 0 Å². The van der Waals surface area contributed by atoms with Crippen LogP contribution in [-0.2, 0) is 11.1 Å². The van der Waals surface area contributed by atoms with Gasteiger partial charge in [-0.1, -0.05) is 6.92 Å². The fourth-order valence-electron chi connectivity index (χ4n) is 1.61. The first-order valence-electron chi connectivity index (χ1n) is 4.74. The monoisotopic (exact) mass is 206 g/mol. The van der Waals surface area contributed by atoms with Crippen LogP contribution in [0.1, 0.15) is 13.3 Å². The van der Waals surface area contributed by atoms with E-state index in [4.69, 9.17) is 4.55 Å². The van der Waals surface area contributed by atoms with Crippen LogP contribution < -0.4 is 0 Å². The second-order valence-electron chi connectivity index (χ2n) is 3.41. The summed E-state index contributed by atoms with van der Waals surface area (Å²) >= 11 is -1.67. The predicted molar refractivity (Wildman–Crippen MR) is 53.9 cm³/mol. The van der Waals surface area contributed by atoms with Crippen LogP contribution in [0.25, 0.3) is 0 Å². The summed E-state index contributed by atoms with van der Waals surface area (Å²) in [4.78, 5) is 4.44. The van der Waals surface area contributed by atoms with E-state index in [2.05, 4.69) is 11.8 Å². The number of piperazine rings is 1. The van der Waals surface area contributed by atoms with Crippen LogP contribution in [0, 0.1) is 0 Å². The second-order valence-corrected chi connectivity index (χ2v) is 4.31. The van der Waals surface area contributed by atoms with E-state index in [1.54, 1.807) is 0 Å². The fraction of sp³-hybridized carbons (Fsp3) is 1.00. The minimum absolute atomic E-state index is 0.306. The van der Waals surface area contributed by atoms with E-state index in [0.717, 1.165) is 32.7 Å². The van der Waals surface area contributed by atoms with E-state index in [1.807, 2.05) is 4.90 Å². The lowest BCUT2D eigenvalue weighted by molar-refractivity contribution is 0.147. The van der Waals surface area contributed by atoms with Crippen LogP contribution in [0.2, 0.25) is 0 Å². The molecular formula is C8H18N2O2S. The summed E-state index contributed by atoms with van der Waals surface area (Å²) in [6.45, 7) is 7.24. The first-order valence-corrected chi connectivity index (χ1v) is 6.02. The second kappa shape index (κ2) is 5.70. The van der Waals surface area contributed by atoms with Gasteiger partial charge in [0.05, 0.1) is 0 Å². The van der Waals surface area contributed by atoms with Gasteiger partial charge in [-0.25, -0.2) is 4.21 Å². The first kappa shape index (κ1) is 11.1. The summed E-state index contributed by atoms with van der Waals surface area (Å²) in [7, 11) is 0. The smallest absolute Gasteiger partial charge is 0.167 e. The summed E-state index contributed by atoms with van der Waals surface area (Å²) in [6, 6.07) is 0. The molecule has 13 heavy (non-hydrogen) atoms. The molecule has 1 saturated heterocycles. The Labute approximate surface area is 82.2 Å². The Kier molecular flexibility index (Phi) is 4.87. The molecule has 1 N–H and O–H groups in total. The molecular weight excluding hydrogens is 188 g/mol. The molecule has 1 atom stereocenters. The van der Waals surface area contributed by atoms with Gasteiger partial charge in [-0.3, -0.25) is 4.90 Å². The van der Waals surface area contributed by atoms with Crippen molar-refractivity contribution in [3.8, 4) is 0 Å². The van der Waals surface area contributed by atoms with E-state index in [1.165, 1.54) is 6.42 Å². The quantitative estimate of drug-likeness (QED) is 0.667. The molecule has 4 nitrogen and oxygen atoms in total. The van der Waals surface area contributed by atoms with Gasteiger partial charge in [-0.05, 0) is 13.0 Å². The SMILES string of the molecule is CCCN1CCN(CS(=O)O)CC1. The van der Waals surface area contributed by atoms with Crippen molar-refractivity contribution in [3.63, 3.8) is 0 Å². The van der Waals surface area contributed by atoms with Crippen LogP contribution in [0.15, 0.2) is 0 Å². The lowest BCUT2D eigenvalue weighted by Crippen LogP contribution is -2.47. The van der Waals surface area contributed by atoms with E-state index in [-0.39, 0.29) is 0 Å². The third kappa shape index (κ3) is 4.17. The van der Waals surface area contributed by atoms with Crippen molar-refractivity contribution >= 4 is 11.1 Å². The Morgan fingerprint density at radius 3 is 2.23 bits per heavy atom. The molecule has 0 spiro atoms. The maximum atomic E-state index is 10.5. The highest BCUT2D eigenvalue weighted by Crippen LogP contribution is 2.02. The van der Waals surface area contributed by atoms with Crippen molar-refractivity contribution in [2.24, 2.45) is 0 Å². The molecule has 0 aliphatic carbocycles. The van der Waals surface area contributed by atoms with E-state index >= 15 is 0 Å². The fourth-order valence-corrected chi connectivity index (χ4v) is 2.18. The number of hydrogen-bond donors (Lipinski definition) is 1. The Bertz CT molecular complexity index is 170. The van der Waals surface area contributed by atoms with Crippen molar-refractivity contribution in [1.82, 2.24) is 9.80 Å². The Balaban J connectivity index is 2.18.